The van der Waals surface area contributed by atoms with Gasteiger partial charge in [0.15, 0.2) is 0 Å². The van der Waals surface area contributed by atoms with Crippen molar-refractivity contribution in [3.63, 3.8) is 0 Å². The van der Waals surface area contributed by atoms with Gasteiger partial charge in [0, 0.05) is 25.0 Å². The van der Waals surface area contributed by atoms with Crippen LogP contribution in [0.25, 0.3) is 0 Å². The molecule has 2 aliphatic rings. The molecule has 0 N–H and O–H groups in total. The first-order chi connectivity index (χ1) is 11.2. The van der Waals surface area contributed by atoms with Crippen LogP contribution in [0, 0.1) is 33.9 Å². The van der Waals surface area contributed by atoms with Gasteiger partial charge in [-0.05, 0) is 50.0 Å². The molecule has 0 spiro atoms. The number of fused-ring (bicyclic) bond motifs is 1. The highest BCUT2D eigenvalue weighted by molar-refractivity contribution is 5.95. The maximum absolute atomic E-state index is 14.2. The Labute approximate surface area is 142 Å². The van der Waals surface area contributed by atoms with E-state index < -0.39 is 5.82 Å². The zero-order valence-electron chi connectivity index (χ0n) is 14.8. The third-order valence-electron chi connectivity index (χ3n) is 5.65. The van der Waals surface area contributed by atoms with Gasteiger partial charge in [-0.15, -0.1) is 0 Å². The van der Waals surface area contributed by atoms with E-state index in [9.17, 15) is 9.18 Å². The Morgan fingerprint density at radius 1 is 1.46 bits per heavy atom. The number of benzene rings is 1. The van der Waals surface area contributed by atoms with Gasteiger partial charge in [-0.25, -0.2) is 4.39 Å². The quantitative estimate of drug-likeness (QED) is 0.857. The van der Waals surface area contributed by atoms with Gasteiger partial charge in [-0.2, -0.15) is 5.26 Å². The summed E-state index contributed by atoms with van der Waals surface area (Å²) in [7, 11) is 4.11. The zero-order valence-corrected chi connectivity index (χ0v) is 14.8. The van der Waals surface area contributed by atoms with Gasteiger partial charge in [-0.1, -0.05) is 13.8 Å². The Morgan fingerprint density at radius 3 is 2.71 bits per heavy atom. The lowest BCUT2D eigenvalue weighted by Gasteiger charge is -2.57. The van der Waals surface area contributed by atoms with Crippen LogP contribution in [0.1, 0.15) is 36.2 Å². The summed E-state index contributed by atoms with van der Waals surface area (Å²) in [6.45, 7) is 6.81. The van der Waals surface area contributed by atoms with E-state index >= 15 is 0 Å². The molecule has 0 radical (unpaired) electrons. The van der Waals surface area contributed by atoms with E-state index in [2.05, 4.69) is 32.8 Å². The summed E-state index contributed by atoms with van der Waals surface area (Å²) in [5, 5.41) is 8.84. The van der Waals surface area contributed by atoms with Gasteiger partial charge in [0.1, 0.15) is 5.82 Å². The number of nitriles is 1. The molecule has 1 aromatic carbocycles. The van der Waals surface area contributed by atoms with Crippen LogP contribution in [0.15, 0.2) is 18.2 Å². The molecule has 0 aromatic heterocycles. The Hall–Kier alpha value is -1.93. The number of carbonyl (C=O) groups is 1. The fourth-order valence-corrected chi connectivity index (χ4v) is 5.05. The monoisotopic (exact) mass is 329 g/mol. The molecule has 1 saturated carbocycles. The van der Waals surface area contributed by atoms with E-state index in [-0.39, 0.29) is 27.9 Å². The molecule has 1 saturated heterocycles. The highest BCUT2D eigenvalue weighted by Gasteiger charge is 2.63. The second-order valence-corrected chi connectivity index (χ2v) is 8.31. The van der Waals surface area contributed by atoms with Crippen LogP contribution in [-0.2, 0) is 0 Å². The van der Waals surface area contributed by atoms with Gasteiger partial charge in [0.05, 0.1) is 17.2 Å². The maximum atomic E-state index is 14.2. The zero-order chi connectivity index (χ0) is 17.7. The number of nitrogens with zero attached hydrogens (tertiary/aromatic N) is 3. The molecule has 2 atom stereocenters. The predicted molar refractivity (Wildman–Crippen MR) is 89.9 cm³/mol. The molecule has 0 bridgehead atoms. The van der Waals surface area contributed by atoms with Crippen LogP contribution >= 0.6 is 0 Å². The second kappa shape index (κ2) is 5.56. The summed E-state index contributed by atoms with van der Waals surface area (Å²) in [6, 6.07) is 5.96. The number of halogens is 1. The molecule has 24 heavy (non-hydrogen) atoms. The van der Waals surface area contributed by atoms with Gasteiger partial charge in [0.25, 0.3) is 5.91 Å². The van der Waals surface area contributed by atoms with Crippen molar-refractivity contribution in [2.75, 3.05) is 33.7 Å². The maximum Gasteiger partial charge on any atom is 0.256 e. The van der Waals surface area contributed by atoms with Crippen molar-refractivity contribution in [1.29, 1.82) is 5.26 Å². The smallest absolute Gasteiger partial charge is 0.256 e. The SMILES string of the molecule is CN(C)C[C@@]12CN(C(=O)c3ccc(C#N)cc3F)C[C@@H]1C(C)(C)C2. The predicted octanol–water partition coefficient (Wildman–Crippen LogP) is 2.75. The number of hydrogen-bond acceptors (Lipinski definition) is 3. The Kier molecular flexibility index (Phi) is 3.92. The summed E-state index contributed by atoms with van der Waals surface area (Å²) in [5.41, 5.74) is 0.629. The molecule has 1 aliphatic carbocycles. The molecule has 3 rings (SSSR count). The normalized spacial score (nSPS) is 27.5. The molecule has 5 heteroatoms. The summed E-state index contributed by atoms with van der Waals surface area (Å²) in [4.78, 5) is 16.8. The standard InChI is InChI=1S/C19H24FN3O/c1-18(2)10-19(11-22(3)4)12-23(9-16(18)19)17(24)14-6-5-13(8-21)7-15(14)20/h5-7,16H,9-12H2,1-4H3/t16-,19+/m1/s1. The first-order valence-corrected chi connectivity index (χ1v) is 8.32. The topological polar surface area (TPSA) is 47.3 Å². The average molecular weight is 329 g/mol. The second-order valence-electron chi connectivity index (χ2n) is 8.31. The van der Waals surface area contributed by atoms with Crippen LogP contribution in [0.2, 0.25) is 0 Å². The van der Waals surface area contributed by atoms with Crippen LogP contribution in [0.3, 0.4) is 0 Å². The van der Waals surface area contributed by atoms with Crippen molar-refractivity contribution in [1.82, 2.24) is 9.80 Å². The third kappa shape index (κ3) is 2.59. The molecule has 1 aliphatic heterocycles. The lowest BCUT2D eigenvalue weighted by molar-refractivity contribution is -0.0789. The lowest BCUT2D eigenvalue weighted by Crippen LogP contribution is -2.57. The summed E-state index contributed by atoms with van der Waals surface area (Å²) >= 11 is 0. The first kappa shape index (κ1) is 16.9. The van der Waals surface area contributed by atoms with E-state index in [1.54, 1.807) is 4.90 Å². The van der Waals surface area contributed by atoms with Crippen LogP contribution in [0.4, 0.5) is 4.39 Å². The molecule has 1 amide bonds. The number of rotatable bonds is 3. The van der Waals surface area contributed by atoms with E-state index in [0.29, 0.717) is 19.0 Å². The van der Waals surface area contributed by atoms with Crippen LogP contribution in [0.5, 0.6) is 0 Å². The van der Waals surface area contributed by atoms with E-state index in [1.807, 2.05) is 6.07 Å². The fraction of sp³-hybridized carbons (Fsp3) is 0.579. The number of carbonyl (C=O) groups excluding carboxylic acids is 1. The van der Waals surface area contributed by atoms with Crippen LogP contribution < -0.4 is 0 Å². The fourth-order valence-electron chi connectivity index (χ4n) is 5.05. The van der Waals surface area contributed by atoms with Crippen molar-refractivity contribution < 1.29 is 9.18 Å². The Morgan fingerprint density at radius 2 is 2.17 bits per heavy atom. The molecular formula is C19H24FN3O. The van der Waals surface area contributed by atoms with Crippen LogP contribution in [-0.4, -0.2) is 49.4 Å². The average Bonchev–Trinajstić information content (AvgIpc) is 2.80. The van der Waals surface area contributed by atoms with Crippen molar-refractivity contribution in [2.24, 2.45) is 16.7 Å². The number of hydrogen-bond donors (Lipinski definition) is 0. The van der Waals surface area contributed by atoms with Gasteiger partial charge in [-0.3, -0.25) is 4.79 Å². The van der Waals surface area contributed by atoms with Gasteiger partial charge in [0.2, 0.25) is 0 Å². The summed E-state index contributed by atoms with van der Waals surface area (Å²) in [6.07, 6.45) is 1.09. The third-order valence-corrected chi connectivity index (χ3v) is 5.65. The van der Waals surface area contributed by atoms with Crippen molar-refractivity contribution >= 4 is 5.91 Å². The summed E-state index contributed by atoms with van der Waals surface area (Å²) < 4.78 is 14.2. The molecule has 0 unspecified atom stereocenters. The lowest BCUT2D eigenvalue weighted by atomic mass is 9.48. The van der Waals surface area contributed by atoms with Crippen molar-refractivity contribution in [2.45, 2.75) is 20.3 Å². The molecule has 1 heterocycles. The first-order valence-electron chi connectivity index (χ1n) is 8.32. The Balaban J connectivity index is 1.84. The Bertz CT molecular complexity index is 718. The highest BCUT2D eigenvalue weighted by Crippen LogP contribution is 2.62. The van der Waals surface area contributed by atoms with E-state index in [4.69, 9.17) is 5.26 Å². The molecule has 128 valence electrons. The highest BCUT2D eigenvalue weighted by atomic mass is 19.1. The largest absolute Gasteiger partial charge is 0.338 e. The minimum absolute atomic E-state index is 0.0631. The molecular weight excluding hydrogens is 305 g/mol. The number of amides is 1. The minimum Gasteiger partial charge on any atom is -0.338 e. The van der Waals surface area contributed by atoms with E-state index in [0.717, 1.165) is 19.0 Å². The molecule has 2 fully saturated rings. The van der Waals surface area contributed by atoms with Crippen molar-refractivity contribution in [3.05, 3.63) is 35.1 Å². The molecule has 1 aromatic rings. The molecule has 4 nitrogen and oxygen atoms in total. The minimum atomic E-state index is -0.612. The van der Waals surface area contributed by atoms with Crippen molar-refractivity contribution in [3.8, 4) is 6.07 Å². The van der Waals surface area contributed by atoms with Gasteiger partial charge < -0.3 is 9.80 Å². The van der Waals surface area contributed by atoms with E-state index in [1.165, 1.54) is 12.1 Å². The number of likely N-dealkylation sites (tertiary alicyclic amines) is 1. The van der Waals surface area contributed by atoms with Gasteiger partial charge >= 0.3 is 0 Å². The summed E-state index contributed by atoms with van der Waals surface area (Å²) in [5.74, 6) is -0.433.